The lowest BCUT2D eigenvalue weighted by Crippen LogP contribution is -2.40. The highest BCUT2D eigenvalue weighted by atomic mass is 16.5. The topological polar surface area (TPSA) is 38.3 Å². The number of nitrogens with one attached hydrogen (secondary N) is 1. The fraction of sp³-hybridized carbons (Fsp3) is 0.533. The highest BCUT2D eigenvalue weighted by Crippen LogP contribution is 2.33. The number of methoxy groups -OCH3 is 1. The van der Waals surface area contributed by atoms with Gasteiger partial charge in [-0.25, -0.2) is 0 Å². The first-order chi connectivity index (χ1) is 8.57. The van der Waals surface area contributed by atoms with Crippen molar-refractivity contribution in [3.63, 3.8) is 0 Å². The average Bonchev–Trinajstić information content (AvgIpc) is 2.38. The molecule has 1 saturated heterocycles. The molecule has 0 aliphatic carbocycles. The second kappa shape index (κ2) is 5.11. The summed E-state index contributed by atoms with van der Waals surface area (Å²) < 4.78 is 5.18. The number of ether oxygens (including phenoxy) is 1. The highest BCUT2D eigenvalue weighted by Gasteiger charge is 2.35. The van der Waals surface area contributed by atoms with Gasteiger partial charge in [-0.05, 0) is 56.6 Å². The van der Waals surface area contributed by atoms with E-state index in [9.17, 15) is 4.79 Å². The summed E-state index contributed by atoms with van der Waals surface area (Å²) in [5.74, 6) is 1.07. The molecule has 98 valence electrons. The summed E-state index contributed by atoms with van der Waals surface area (Å²) in [5, 5.41) is 3.31. The van der Waals surface area contributed by atoms with Gasteiger partial charge >= 0.3 is 0 Å². The van der Waals surface area contributed by atoms with Crippen LogP contribution < -0.4 is 10.1 Å². The zero-order valence-electron chi connectivity index (χ0n) is 11.4. The third-order valence-corrected chi connectivity index (χ3v) is 3.93. The molecule has 18 heavy (non-hydrogen) atoms. The predicted molar refractivity (Wildman–Crippen MR) is 72.3 cm³/mol. The third kappa shape index (κ3) is 2.41. The van der Waals surface area contributed by atoms with Crippen LogP contribution in [0.15, 0.2) is 18.2 Å². The van der Waals surface area contributed by atoms with Crippen LogP contribution in [0.1, 0.15) is 35.7 Å². The van der Waals surface area contributed by atoms with Crippen molar-refractivity contribution in [3.8, 4) is 5.75 Å². The molecule has 1 aromatic rings. The minimum absolute atomic E-state index is 0.218. The monoisotopic (exact) mass is 247 g/mol. The van der Waals surface area contributed by atoms with Crippen molar-refractivity contribution in [1.82, 2.24) is 5.32 Å². The van der Waals surface area contributed by atoms with E-state index in [-0.39, 0.29) is 11.2 Å². The third-order valence-electron chi connectivity index (χ3n) is 3.93. The maximum atomic E-state index is 12.7. The number of hydrogen-bond acceptors (Lipinski definition) is 3. The van der Waals surface area contributed by atoms with Gasteiger partial charge in [-0.2, -0.15) is 0 Å². The number of carbonyl (C=O) groups excluding carboxylic acids is 1. The highest BCUT2D eigenvalue weighted by molar-refractivity contribution is 6.01. The molecule has 3 nitrogen and oxygen atoms in total. The second-order valence-electron chi connectivity index (χ2n) is 5.32. The van der Waals surface area contributed by atoms with Gasteiger partial charge in [0.1, 0.15) is 5.75 Å². The number of Topliss-reactive ketones (excluding diaryl/α,β-unsaturated/α-hetero) is 1. The van der Waals surface area contributed by atoms with Gasteiger partial charge < -0.3 is 10.1 Å². The molecule has 2 rings (SSSR count). The Morgan fingerprint density at radius 2 is 2.00 bits per heavy atom. The van der Waals surface area contributed by atoms with Crippen LogP contribution in [0.4, 0.5) is 0 Å². The Labute approximate surface area is 109 Å². The van der Waals surface area contributed by atoms with E-state index in [1.807, 2.05) is 25.1 Å². The first-order valence-corrected chi connectivity index (χ1v) is 6.47. The fourth-order valence-electron chi connectivity index (χ4n) is 2.55. The van der Waals surface area contributed by atoms with Crippen molar-refractivity contribution in [2.75, 3.05) is 20.2 Å². The Morgan fingerprint density at radius 1 is 1.33 bits per heavy atom. The normalized spacial score (nSPS) is 18.4. The second-order valence-corrected chi connectivity index (χ2v) is 5.32. The minimum atomic E-state index is -0.218. The Morgan fingerprint density at radius 3 is 2.56 bits per heavy atom. The number of carbonyl (C=O) groups is 1. The van der Waals surface area contributed by atoms with Crippen molar-refractivity contribution in [1.29, 1.82) is 0 Å². The van der Waals surface area contributed by atoms with Gasteiger partial charge in [0, 0.05) is 11.0 Å². The summed E-state index contributed by atoms with van der Waals surface area (Å²) >= 11 is 0. The van der Waals surface area contributed by atoms with Crippen LogP contribution in [0.5, 0.6) is 5.75 Å². The van der Waals surface area contributed by atoms with Gasteiger partial charge in [0.15, 0.2) is 5.78 Å². The summed E-state index contributed by atoms with van der Waals surface area (Å²) in [6, 6.07) is 5.69. The summed E-state index contributed by atoms with van der Waals surface area (Å²) in [6.07, 6.45) is 1.83. The predicted octanol–water partition coefficient (Wildman–Crippen LogP) is 2.58. The molecule has 1 aliphatic heterocycles. The summed E-state index contributed by atoms with van der Waals surface area (Å²) in [6.45, 7) is 5.91. The molecule has 0 amide bonds. The maximum Gasteiger partial charge on any atom is 0.169 e. The van der Waals surface area contributed by atoms with Crippen LogP contribution in [0, 0.1) is 12.3 Å². The molecule has 3 heteroatoms. The quantitative estimate of drug-likeness (QED) is 0.834. The molecule has 1 fully saturated rings. The van der Waals surface area contributed by atoms with Crippen LogP contribution in [0.3, 0.4) is 0 Å². The first kappa shape index (κ1) is 13.1. The van der Waals surface area contributed by atoms with E-state index < -0.39 is 0 Å². The van der Waals surface area contributed by atoms with E-state index in [4.69, 9.17) is 4.74 Å². The van der Waals surface area contributed by atoms with Gasteiger partial charge in [-0.15, -0.1) is 0 Å². The van der Waals surface area contributed by atoms with E-state index in [0.717, 1.165) is 42.8 Å². The molecule has 1 aromatic carbocycles. The van der Waals surface area contributed by atoms with Gasteiger partial charge in [0.25, 0.3) is 0 Å². The smallest absolute Gasteiger partial charge is 0.169 e. The number of benzene rings is 1. The van der Waals surface area contributed by atoms with Gasteiger partial charge in [0.05, 0.1) is 7.11 Å². The molecule has 0 aromatic heterocycles. The summed E-state index contributed by atoms with van der Waals surface area (Å²) in [5.41, 5.74) is 1.62. The van der Waals surface area contributed by atoms with E-state index in [1.165, 1.54) is 0 Å². The number of hydrogen-bond donors (Lipinski definition) is 1. The average molecular weight is 247 g/mol. The Balaban J connectivity index is 2.28. The molecular formula is C15H21NO2. The molecule has 0 bridgehead atoms. The number of rotatable bonds is 3. The van der Waals surface area contributed by atoms with Crippen LogP contribution in [0.25, 0.3) is 0 Å². The summed E-state index contributed by atoms with van der Waals surface area (Å²) in [7, 11) is 1.64. The van der Waals surface area contributed by atoms with E-state index in [2.05, 4.69) is 12.2 Å². The van der Waals surface area contributed by atoms with Crippen LogP contribution in [0.2, 0.25) is 0 Å². The van der Waals surface area contributed by atoms with Crippen LogP contribution in [-0.2, 0) is 0 Å². The zero-order chi connectivity index (χ0) is 13.2. The summed E-state index contributed by atoms with van der Waals surface area (Å²) in [4.78, 5) is 12.7. The minimum Gasteiger partial charge on any atom is -0.497 e. The van der Waals surface area contributed by atoms with Crippen LogP contribution in [-0.4, -0.2) is 26.0 Å². The molecular weight excluding hydrogens is 226 g/mol. The van der Waals surface area contributed by atoms with Crippen molar-refractivity contribution in [2.45, 2.75) is 26.7 Å². The first-order valence-electron chi connectivity index (χ1n) is 6.47. The SMILES string of the molecule is COc1ccc(C(=O)C2(C)CCNCC2)c(C)c1. The molecule has 1 heterocycles. The molecule has 0 unspecified atom stereocenters. The van der Waals surface area contributed by atoms with Crippen molar-refractivity contribution in [2.24, 2.45) is 5.41 Å². The lowest BCUT2D eigenvalue weighted by Gasteiger charge is -2.33. The molecule has 0 spiro atoms. The number of ketones is 1. The number of aryl methyl sites for hydroxylation is 1. The van der Waals surface area contributed by atoms with Crippen LogP contribution >= 0.6 is 0 Å². The maximum absolute atomic E-state index is 12.7. The largest absolute Gasteiger partial charge is 0.497 e. The Kier molecular flexibility index (Phi) is 3.71. The Bertz CT molecular complexity index is 448. The van der Waals surface area contributed by atoms with Gasteiger partial charge in [-0.1, -0.05) is 6.92 Å². The molecule has 0 atom stereocenters. The molecule has 1 aliphatic rings. The van der Waals surface area contributed by atoms with E-state index >= 15 is 0 Å². The van der Waals surface area contributed by atoms with Gasteiger partial charge in [0.2, 0.25) is 0 Å². The fourth-order valence-corrected chi connectivity index (χ4v) is 2.55. The van der Waals surface area contributed by atoms with Crippen molar-refractivity contribution >= 4 is 5.78 Å². The molecule has 0 saturated carbocycles. The lowest BCUT2D eigenvalue weighted by molar-refractivity contribution is 0.0761. The molecule has 1 N–H and O–H groups in total. The van der Waals surface area contributed by atoms with Crippen molar-refractivity contribution in [3.05, 3.63) is 29.3 Å². The van der Waals surface area contributed by atoms with Gasteiger partial charge in [-0.3, -0.25) is 4.79 Å². The zero-order valence-corrected chi connectivity index (χ0v) is 11.4. The number of piperidine rings is 1. The Hall–Kier alpha value is -1.35. The lowest BCUT2D eigenvalue weighted by atomic mass is 9.74. The molecule has 0 radical (unpaired) electrons. The van der Waals surface area contributed by atoms with Crippen molar-refractivity contribution < 1.29 is 9.53 Å². The van der Waals surface area contributed by atoms with E-state index in [0.29, 0.717) is 0 Å². The van der Waals surface area contributed by atoms with E-state index in [1.54, 1.807) is 7.11 Å². The standard InChI is InChI=1S/C15H21NO2/c1-11-10-12(18-3)4-5-13(11)14(17)15(2)6-8-16-9-7-15/h4-5,10,16H,6-9H2,1-3H3.